The van der Waals surface area contributed by atoms with Crippen LogP contribution in [-0.4, -0.2) is 33.9 Å². The lowest BCUT2D eigenvalue weighted by molar-refractivity contribution is -0.120. The van der Waals surface area contributed by atoms with Crippen molar-refractivity contribution >= 4 is 50.0 Å². The molecule has 0 saturated carbocycles. The van der Waals surface area contributed by atoms with Gasteiger partial charge in [0.15, 0.2) is 10.8 Å². The lowest BCUT2D eigenvalue weighted by Crippen LogP contribution is -2.40. The Bertz CT molecular complexity index is 1000. The molecule has 134 valence electrons. The second-order valence-corrected chi connectivity index (χ2v) is 7.58. The number of hydrogen-bond donors (Lipinski definition) is 2. The Morgan fingerprint density at radius 2 is 2.15 bits per heavy atom. The molecule has 0 aliphatic carbocycles. The number of benzene rings is 1. The summed E-state index contributed by atoms with van der Waals surface area (Å²) in [5.74, 6) is -0.160. The average Bonchev–Trinajstić information content (AvgIpc) is 3.09. The standard InChI is InChI=1S/C17H16ClN5O2S/c18-11-3-5-12(6-4-11)21-15(24)10-2-1-7-23(8-10)17-22-14-13(26-17)16(25)20-9-19-14/h3-6,9-10H,1-2,7-8H2,(H,21,24)(H,19,20,25). The minimum Gasteiger partial charge on any atom is -0.347 e. The van der Waals surface area contributed by atoms with Gasteiger partial charge in [-0.15, -0.1) is 0 Å². The first-order valence-electron chi connectivity index (χ1n) is 8.26. The molecule has 2 N–H and O–H groups in total. The van der Waals surface area contributed by atoms with Gasteiger partial charge < -0.3 is 15.2 Å². The molecule has 1 aliphatic heterocycles. The Morgan fingerprint density at radius 3 is 2.92 bits per heavy atom. The van der Waals surface area contributed by atoms with Gasteiger partial charge in [-0.05, 0) is 37.1 Å². The second kappa shape index (κ2) is 7.05. The lowest BCUT2D eigenvalue weighted by atomic mass is 9.97. The highest BCUT2D eigenvalue weighted by Gasteiger charge is 2.28. The van der Waals surface area contributed by atoms with Crippen LogP contribution in [0.3, 0.4) is 0 Å². The van der Waals surface area contributed by atoms with E-state index in [-0.39, 0.29) is 17.4 Å². The molecule has 3 aromatic rings. The fraction of sp³-hybridized carbons (Fsp3) is 0.294. The van der Waals surface area contributed by atoms with Crippen LogP contribution in [0.2, 0.25) is 5.02 Å². The zero-order valence-electron chi connectivity index (χ0n) is 13.7. The summed E-state index contributed by atoms with van der Waals surface area (Å²) in [5.41, 5.74) is 0.988. The van der Waals surface area contributed by atoms with Crippen molar-refractivity contribution in [3.8, 4) is 0 Å². The van der Waals surface area contributed by atoms with Crippen molar-refractivity contribution in [2.45, 2.75) is 12.8 Å². The number of anilines is 2. The van der Waals surface area contributed by atoms with Gasteiger partial charge in [0, 0.05) is 23.8 Å². The van der Waals surface area contributed by atoms with Crippen LogP contribution >= 0.6 is 22.9 Å². The smallest absolute Gasteiger partial charge is 0.270 e. The zero-order valence-corrected chi connectivity index (χ0v) is 15.3. The Balaban J connectivity index is 1.49. The molecular formula is C17H16ClN5O2S. The van der Waals surface area contributed by atoms with E-state index in [4.69, 9.17) is 11.6 Å². The topological polar surface area (TPSA) is 91.0 Å². The molecule has 26 heavy (non-hydrogen) atoms. The van der Waals surface area contributed by atoms with Gasteiger partial charge in [-0.2, -0.15) is 4.98 Å². The molecule has 1 unspecified atom stereocenters. The molecule has 0 bridgehead atoms. The summed E-state index contributed by atoms with van der Waals surface area (Å²) < 4.78 is 0.509. The van der Waals surface area contributed by atoms with Gasteiger partial charge in [-0.3, -0.25) is 9.59 Å². The van der Waals surface area contributed by atoms with Crippen molar-refractivity contribution in [2.24, 2.45) is 5.92 Å². The summed E-state index contributed by atoms with van der Waals surface area (Å²) in [6.07, 6.45) is 3.06. The molecule has 1 saturated heterocycles. The quantitative estimate of drug-likeness (QED) is 0.718. The third kappa shape index (κ3) is 3.42. The van der Waals surface area contributed by atoms with E-state index in [1.807, 2.05) is 0 Å². The molecule has 0 spiro atoms. The summed E-state index contributed by atoms with van der Waals surface area (Å²) in [5, 5.41) is 4.30. The van der Waals surface area contributed by atoms with Gasteiger partial charge in [0.05, 0.1) is 12.2 Å². The molecule has 4 rings (SSSR count). The number of H-pyrrole nitrogens is 1. The number of nitrogens with one attached hydrogen (secondary N) is 2. The number of thiazole rings is 1. The normalized spacial score (nSPS) is 17.4. The fourth-order valence-electron chi connectivity index (χ4n) is 3.03. The molecule has 3 heterocycles. The maximum absolute atomic E-state index is 12.6. The van der Waals surface area contributed by atoms with E-state index in [2.05, 4.69) is 25.2 Å². The van der Waals surface area contributed by atoms with Crippen LogP contribution in [0.1, 0.15) is 12.8 Å². The van der Waals surface area contributed by atoms with Crippen LogP contribution in [-0.2, 0) is 4.79 Å². The van der Waals surface area contributed by atoms with Crippen LogP contribution < -0.4 is 15.8 Å². The first kappa shape index (κ1) is 17.0. The number of aromatic amines is 1. The van der Waals surface area contributed by atoms with E-state index >= 15 is 0 Å². The minimum absolute atomic E-state index is 0.0193. The molecule has 7 nitrogen and oxygen atoms in total. The van der Waals surface area contributed by atoms with E-state index in [9.17, 15) is 9.59 Å². The maximum Gasteiger partial charge on any atom is 0.270 e. The zero-order chi connectivity index (χ0) is 18.1. The van der Waals surface area contributed by atoms with Crippen LogP contribution in [0.5, 0.6) is 0 Å². The number of piperidine rings is 1. The highest BCUT2D eigenvalue weighted by Crippen LogP contribution is 2.29. The maximum atomic E-state index is 12.6. The number of hydrogen-bond acceptors (Lipinski definition) is 6. The van der Waals surface area contributed by atoms with E-state index in [1.54, 1.807) is 24.3 Å². The molecular weight excluding hydrogens is 374 g/mol. The number of carbonyl (C=O) groups excluding carboxylic acids is 1. The summed E-state index contributed by atoms with van der Waals surface area (Å²) in [6, 6.07) is 7.06. The largest absolute Gasteiger partial charge is 0.347 e. The molecule has 2 aromatic heterocycles. The molecule has 1 atom stereocenters. The van der Waals surface area contributed by atoms with Crippen LogP contribution in [0.25, 0.3) is 10.3 Å². The first-order valence-corrected chi connectivity index (χ1v) is 9.45. The predicted octanol–water partition coefficient (Wildman–Crippen LogP) is 2.89. The average molecular weight is 390 g/mol. The van der Waals surface area contributed by atoms with Crippen LogP contribution in [0.15, 0.2) is 35.4 Å². The summed E-state index contributed by atoms with van der Waals surface area (Å²) >= 11 is 7.19. The van der Waals surface area contributed by atoms with E-state index in [0.717, 1.165) is 30.2 Å². The number of halogens is 1. The SMILES string of the molecule is O=C(Nc1ccc(Cl)cc1)C1CCCN(c2nc3nc[nH]c(=O)c3s2)C1. The number of aromatic nitrogens is 3. The Labute approximate surface area is 158 Å². The highest BCUT2D eigenvalue weighted by molar-refractivity contribution is 7.22. The molecule has 1 aliphatic rings. The monoisotopic (exact) mass is 389 g/mol. The van der Waals surface area contributed by atoms with Gasteiger partial charge >= 0.3 is 0 Å². The fourth-order valence-corrected chi connectivity index (χ4v) is 4.11. The van der Waals surface area contributed by atoms with E-state index < -0.39 is 0 Å². The van der Waals surface area contributed by atoms with Crippen LogP contribution in [0, 0.1) is 5.92 Å². The van der Waals surface area contributed by atoms with Gasteiger partial charge in [-0.25, -0.2) is 4.98 Å². The molecule has 0 radical (unpaired) electrons. The van der Waals surface area contributed by atoms with Gasteiger partial charge in [-0.1, -0.05) is 22.9 Å². The van der Waals surface area contributed by atoms with Gasteiger partial charge in [0.2, 0.25) is 5.91 Å². The summed E-state index contributed by atoms with van der Waals surface area (Å²) in [4.78, 5) is 37.6. The molecule has 9 heteroatoms. The first-order chi connectivity index (χ1) is 12.6. The molecule has 1 fully saturated rings. The van der Waals surface area contributed by atoms with Crippen molar-refractivity contribution in [1.82, 2.24) is 15.0 Å². The molecule has 1 amide bonds. The van der Waals surface area contributed by atoms with Gasteiger partial charge in [0.1, 0.15) is 4.70 Å². The minimum atomic E-state index is -0.187. The van der Waals surface area contributed by atoms with E-state index in [1.165, 1.54) is 17.7 Å². The summed E-state index contributed by atoms with van der Waals surface area (Å²) in [7, 11) is 0. The second-order valence-electron chi connectivity index (χ2n) is 6.16. The third-order valence-corrected chi connectivity index (χ3v) is 5.72. The highest BCUT2D eigenvalue weighted by atomic mass is 35.5. The van der Waals surface area contributed by atoms with Crippen molar-refractivity contribution in [1.29, 1.82) is 0 Å². The van der Waals surface area contributed by atoms with Crippen molar-refractivity contribution in [2.75, 3.05) is 23.3 Å². The number of nitrogens with zero attached hydrogens (tertiary/aromatic N) is 3. The number of carbonyl (C=O) groups is 1. The number of fused-ring (bicyclic) bond motifs is 1. The van der Waals surface area contributed by atoms with Gasteiger partial charge in [0.25, 0.3) is 5.56 Å². The van der Waals surface area contributed by atoms with Crippen molar-refractivity contribution in [3.05, 3.63) is 46.0 Å². The lowest BCUT2D eigenvalue weighted by Gasteiger charge is -2.31. The number of rotatable bonds is 3. The Morgan fingerprint density at radius 1 is 1.35 bits per heavy atom. The third-order valence-electron chi connectivity index (χ3n) is 4.36. The summed E-state index contributed by atoms with van der Waals surface area (Å²) in [6.45, 7) is 1.37. The van der Waals surface area contributed by atoms with Crippen molar-refractivity contribution in [3.63, 3.8) is 0 Å². The Hall–Kier alpha value is -2.45. The van der Waals surface area contributed by atoms with Crippen LogP contribution in [0.4, 0.5) is 10.8 Å². The van der Waals surface area contributed by atoms with E-state index in [0.29, 0.717) is 21.9 Å². The predicted molar refractivity (Wildman–Crippen MR) is 103 cm³/mol. The number of amides is 1. The molecule has 1 aromatic carbocycles. The van der Waals surface area contributed by atoms with Crippen molar-refractivity contribution < 1.29 is 4.79 Å². The Kier molecular flexibility index (Phi) is 4.60.